The first-order valence-corrected chi connectivity index (χ1v) is 9.51. The summed E-state index contributed by atoms with van der Waals surface area (Å²) in [6.07, 6.45) is 2.73. The van der Waals surface area contributed by atoms with Gasteiger partial charge in [0.2, 0.25) is 0 Å². The summed E-state index contributed by atoms with van der Waals surface area (Å²) >= 11 is 24.3. The van der Waals surface area contributed by atoms with Gasteiger partial charge >= 0.3 is 0 Å². The van der Waals surface area contributed by atoms with Crippen molar-refractivity contribution in [3.05, 3.63) is 74.7 Å². The van der Waals surface area contributed by atoms with E-state index >= 15 is 0 Å². The molecule has 5 nitrogen and oxygen atoms in total. The van der Waals surface area contributed by atoms with Crippen molar-refractivity contribution in [3.63, 3.8) is 0 Å². The van der Waals surface area contributed by atoms with E-state index in [4.69, 9.17) is 55.9 Å². The monoisotopic (exact) mass is 445 g/mol. The maximum Gasteiger partial charge on any atom is 0.138 e. The van der Waals surface area contributed by atoms with Crippen LogP contribution in [-0.2, 0) is 11.3 Å². The van der Waals surface area contributed by atoms with Crippen LogP contribution in [0.5, 0.6) is 5.75 Å². The van der Waals surface area contributed by atoms with E-state index in [1.165, 1.54) is 6.33 Å². The van der Waals surface area contributed by atoms with Crippen molar-refractivity contribution in [1.29, 1.82) is 0 Å². The maximum absolute atomic E-state index is 6.34. The van der Waals surface area contributed by atoms with E-state index in [1.54, 1.807) is 41.3 Å². The van der Waals surface area contributed by atoms with Crippen LogP contribution in [-0.4, -0.2) is 28.0 Å². The molecular formula is C18H15Cl4N3O2. The first kappa shape index (κ1) is 20.2. The molecule has 0 aliphatic rings. The summed E-state index contributed by atoms with van der Waals surface area (Å²) in [5.41, 5.74) is 0.807. The van der Waals surface area contributed by atoms with E-state index in [0.29, 0.717) is 45.6 Å². The third-order valence-electron chi connectivity index (χ3n) is 3.68. The quantitative estimate of drug-likeness (QED) is 0.414. The summed E-state index contributed by atoms with van der Waals surface area (Å²) in [5, 5.41) is 6.20. The van der Waals surface area contributed by atoms with Gasteiger partial charge in [0.05, 0.1) is 18.2 Å². The van der Waals surface area contributed by atoms with Crippen LogP contribution >= 0.6 is 46.4 Å². The Labute approximate surface area is 176 Å². The van der Waals surface area contributed by atoms with Crippen molar-refractivity contribution in [2.24, 2.45) is 0 Å². The topological polar surface area (TPSA) is 49.2 Å². The SMILES string of the molecule is Clc1ccc(OCCOC(Cn2cncn2)c2ccc(Cl)cc2Cl)c(Cl)c1. The second kappa shape index (κ2) is 9.62. The third kappa shape index (κ3) is 5.74. The van der Waals surface area contributed by atoms with E-state index in [2.05, 4.69) is 10.1 Å². The van der Waals surface area contributed by atoms with Gasteiger partial charge in [-0.2, -0.15) is 5.10 Å². The Morgan fingerprint density at radius 3 is 2.33 bits per heavy atom. The fourth-order valence-corrected chi connectivity index (χ4v) is 3.43. The van der Waals surface area contributed by atoms with Crippen LogP contribution < -0.4 is 4.74 Å². The summed E-state index contributed by atoms with van der Waals surface area (Å²) in [7, 11) is 0. The lowest BCUT2D eigenvalue weighted by Gasteiger charge is -2.20. The Morgan fingerprint density at radius 2 is 1.67 bits per heavy atom. The van der Waals surface area contributed by atoms with Crippen molar-refractivity contribution >= 4 is 46.4 Å². The average molecular weight is 447 g/mol. The van der Waals surface area contributed by atoms with E-state index in [0.717, 1.165) is 5.56 Å². The second-order valence-corrected chi connectivity index (χ2v) is 7.25. The smallest absolute Gasteiger partial charge is 0.138 e. The van der Waals surface area contributed by atoms with Gasteiger partial charge in [0.15, 0.2) is 0 Å². The molecular weight excluding hydrogens is 432 g/mol. The van der Waals surface area contributed by atoms with E-state index in [9.17, 15) is 0 Å². The minimum absolute atomic E-state index is 0.306. The molecule has 3 aromatic rings. The molecule has 1 atom stereocenters. The molecule has 0 spiro atoms. The average Bonchev–Trinajstić information content (AvgIpc) is 3.12. The molecule has 0 amide bonds. The lowest BCUT2D eigenvalue weighted by molar-refractivity contribution is 0.0207. The Bertz CT molecular complexity index is 890. The van der Waals surface area contributed by atoms with Gasteiger partial charge in [-0.1, -0.05) is 52.5 Å². The summed E-state index contributed by atoms with van der Waals surface area (Å²) in [4.78, 5) is 3.95. The zero-order valence-corrected chi connectivity index (χ0v) is 17.0. The minimum Gasteiger partial charge on any atom is -0.490 e. The van der Waals surface area contributed by atoms with Crippen molar-refractivity contribution < 1.29 is 9.47 Å². The molecule has 1 unspecified atom stereocenters. The highest BCUT2D eigenvalue weighted by molar-refractivity contribution is 6.35. The maximum atomic E-state index is 6.34. The number of rotatable bonds is 8. The molecule has 0 saturated carbocycles. The number of hydrogen-bond donors (Lipinski definition) is 0. The van der Waals surface area contributed by atoms with Crippen LogP contribution in [0.25, 0.3) is 0 Å². The summed E-state index contributed by atoms with van der Waals surface area (Å²) in [6, 6.07) is 10.3. The zero-order chi connectivity index (χ0) is 19.2. The molecule has 3 rings (SSSR count). The molecule has 0 bridgehead atoms. The highest BCUT2D eigenvalue weighted by Gasteiger charge is 2.17. The first-order valence-electron chi connectivity index (χ1n) is 8.00. The van der Waals surface area contributed by atoms with E-state index < -0.39 is 0 Å². The van der Waals surface area contributed by atoms with Gasteiger partial charge in [-0.15, -0.1) is 0 Å². The number of nitrogens with zero attached hydrogens (tertiary/aromatic N) is 3. The van der Waals surface area contributed by atoms with Crippen molar-refractivity contribution in [3.8, 4) is 5.75 Å². The largest absolute Gasteiger partial charge is 0.490 e. The summed E-state index contributed by atoms with van der Waals surface area (Å²) in [5.74, 6) is 0.544. The Morgan fingerprint density at radius 1 is 0.926 bits per heavy atom. The van der Waals surface area contributed by atoms with Gasteiger partial charge in [-0.3, -0.25) is 4.68 Å². The first-order chi connectivity index (χ1) is 13.0. The van der Waals surface area contributed by atoms with Crippen molar-refractivity contribution in [1.82, 2.24) is 14.8 Å². The molecule has 142 valence electrons. The molecule has 1 aromatic heterocycles. The van der Waals surface area contributed by atoms with E-state index in [-0.39, 0.29) is 6.10 Å². The van der Waals surface area contributed by atoms with E-state index in [1.807, 2.05) is 6.07 Å². The Hall–Kier alpha value is -1.50. The Kier molecular flexibility index (Phi) is 7.21. The van der Waals surface area contributed by atoms with Crippen LogP contribution in [0.3, 0.4) is 0 Å². The molecule has 2 aromatic carbocycles. The molecule has 0 radical (unpaired) electrons. The number of benzene rings is 2. The lowest BCUT2D eigenvalue weighted by Crippen LogP contribution is -2.17. The van der Waals surface area contributed by atoms with Crippen LogP contribution in [0.2, 0.25) is 20.1 Å². The lowest BCUT2D eigenvalue weighted by atomic mass is 10.1. The molecule has 0 saturated heterocycles. The fraction of sp³-hybridized carbons (Fsp3) is 0.222. The second-order valence-electron chi connectivity index (χ2n) is 5.57. The van der Waals surface area contributed by atoms with Crippen LogP contribution in [0.4, 0.5) is 0 Å². The van der Waals surface area contributed by atoms with Gasteiger partial charge in [0, 0.05) is 20.6 Å². The Balaban J connectivity index is 1.64. The number of hydrogen-bond acceptors (Lipinski definition) is 4. The summed E-state index contributed by atoms with van der Waals surface area (Å²) < 4.78 is 13.3. The molecule has 0 aliphatic carbocycles. The van der Waals surface area contributed by atoms with Gasteiger partial charge < -0.3 is 9.47 Å². The highest BCUT2D eigenvalue weighted by Crippen LogP contribution is 2.30. The number of halogens is 4. The fourth-order valence-electron chi connectivity index (χ4n) is 2.43. The molecule has 0 aliphatic heterocycles. The van der Waals surface area contributed by atoms with Gasteiger partial charge in [0.1, 0.15) is 31.1 Å². The molecule has 27 heavy (non-hydrogen) atoms. The van der Waals surface area contributed by atoms with Gasteiger partial charge in [-0.25, -0.2) is 4.98 Å². The number of ether oxygens (including phenoxy) is 2. The molecule has 0 N–H and O–H groups in total. The minimum atomic E-state index is -0.347. The zero-order valence-electron chi connectivity index (χ0n) is 14.0. The van der Waals surface area contributed by atoms with Crippen molar-refractivity contribution in [2.45, 2.75) is 12.6 Å². The predicted molar refractivity (Wildman–Crippen MR) is 107 cm³/mol. The third-order valence-corrected chi connectivity index (χ3v) is 4.78. The van der Waals surface area contributed by atoms with Crippen molar-refractivity contribution in [2.75, 3.05) is 13.2 Å². The normalized spacial score (nSPS) is 12.1. The predicted octanol–water partition coefficient (Wildman–Crippen LogP) is 5.73. The molecule has 9 heteroatoms. The highest BCUT2D eigenvalue weighted by atomic mass is 35.5. The summed E-state index contributed by atoms with van der Waals surface area (Å²) in [6.45, 7) is 1.07. The molecule has 0 fully saturated rings. The van der Waals surface area contributed by atoms with Gasteiger partial charge in [-0.05, 0) is 30.3 Å². The number of aromatic nitrogens is 3. The van der Waals surface area contributed by atoms with Gasteiger partial charge in [0.25, 0.3) is 0 Å². The molecule has 1 heterocycles. The van der Waals surface area contributed by atoms with Crippen LogP contribution in [0.15, 0.2) is 49.1 Å². The standard InChI is InChI=1S/C18H15Cl4N3O2/c19-12-1-3-14(15(21)7-12)18(9-25-11-23-10-24-25)27-6-5-26-17-4-2-13(20)8-16(17)22/h1-4,7-8,10-11,18H,5-6,9H2. The van der Waals surface area contributed by atoms with Crippen LogP contribution in [0.1, 0.15) is 11.7 Å². The van der Waals surface area contributed by atoms with Crippen LogP contribution in [0, 0.1) is 0 Å².